The van der Waals surface area contributed by atoms with Crippen molar-refractivity contribution in [3.63, 3.8) is 0 Å². The van der Waals surface area contributed by atoms with Crippen molar-refractivity contribution in [1.29, 1.82) is 0 Å². The summed E-state index contributed by atoms with van der Waals surface area (Å²) >= 11 is 10.7. The fraction of sp³-hybridized carbons (Fsp3) is 0.571. The van der Waals surface area contributed by atoms with Gasteiger partial charge in [0.25, 0.3) is 0 Å². The van der Waals surface area contributed by atoms with E-state index in [2.05, 4.69) is 79.1 Å². The Morgan fingerprint density at radius 1 is 1.32 bits per heavy atom. The summed E-state index contributed by atoms with van der Waals surface area (Å²) in [4.78, 5) is 0. The summed E-state index contributed by atoms with van der Waals surface area (Å²) in [6, 6.07) is 4.57. The molecule has 106 valence electrons. The van der Waals surface area contributed by atoms with E-state index in [9.17, 15) is 0 Å². The Hall–Kier alpha value is 0.420. The SMILES string of the molecule is CCC1(C)CC(Nc2c(Br)cc(Br)cc2Br)CCO1. The van der Waals surface area contributed by atoms with Gasteiger partial charge in [0.05, 0.1) is 11.3 Å². The van der Waals surface area contributed by atoms with Crippen molar-refractivity contribution in [2.75, 3.05) is 11.9 Å². The molecule has 1 N–H and O–H groups in total. The molecule has 1 aliphatic heterocycles. The molecule has 0 amide bonds. The van der Waals surface area contributed by atoms with E-state index < -0.39 is 0 Å². The van der Waals surface area contributed by atoms with Gasteiger partial charge in [0.2, 0.25) is 0 Å². The van der Waals surface area contributed by atoms with Gasteiger partial charge in [-0.15, -0.1) is 0 Å². The molecule has 1 saturated heterocycles. The van der Waals surface area contributed by atoms with Crippen LogP contribution in [-0.2, 0) is 4.74 Å². The molecule has 2 rings (SSSR count). The average Bonchev–Trinajstić information content (AvgIpc) is 2.34. The summed E-state index contributed by atoms with van der Waals surface area (Å²) in [5.74, 6) is 0. The summed E-state index contributed by atoms with van der Waals surface area (Å²) in [6.07, 6.45) is 3.14. The van der Waals surface area contributed by atoms with Crippen molar-refractivity contribution in [2.45, 2.75) is 44.8 Å². The van der Waals surface area contributed by atoms with Crippen molar-refractivity contribution < 1.29 is 4.74 Å². The van der Waals surface area contributed by atoms with Gasteiger partial charge in [-0.1, -0.05) is 22.9 Å². The molecule has 5 heteroatoms. The quantitative estimate of drug-likeness (QED) is 0.628. The van der Waals surface area contributed by atoms with Crippen molar-refractivity contribution in [1.82, 2.24) is 0 Å². The molecular formula is C14H18Br3NO. The zero-order valence-corrected chi connectivity index (χ0v) is 15.9. The monoisotopic (exact) mass is 453 g/mol. The molecule has 1 aromatic rings. The zero-order valence-electron chi connectivity index (χ0n) is 11.1. The van der Waals surface area contributed by atoms with E-state index in [0.717, 1.165) is 45.0 Å². The molecule has 0 bridgehead atoms. The normalized spacial score (nSPS) is 27.3. The Kier molecular flexibility index (Phi) is 5.37. The molecule has 19 heavy (non-hydrogen) atoms. The topological polar surface area (TPSA) is 21.3 Å². The van der Waals surface area contributed by atoms with Crippen LogP contribution in [0.3, 0.4) is 0 Å². The third-order valence-electron chi connectivity index (χ3n) is 3.70. The number of nitrogens with one attached hydrogen (secondary N) is 1. The first-order chi connectivity index (χ1) is 8.93. The molecule has 1 aliphatic rings. The van der Waals surface area contributed by atoms with Gasteiger partial charge >= 0.3 is 0 Å². The third-order valence-corrected chi connectivity index (χ3v) is 5.41. The second kappa shape index (κ2) is 6.46. The van der Waals surface area contributed by atoms with E-state index in [4.69, 9.17) is 4.74 Å². The highest BCUT2D eigenvalue weighted by Crippen LogP contribution is 2.37. The number of rotatable bonds is 3. The van der Waals surface area contributed by atoms with Crippen LogP contribution >= 0.6 is 47.8 Å². The fourth-order valence-corrected chi connectivity index (χ4v) is 4.87. The van der Waals surface area contributed by atoms with Crippen molar-refractivity contribution in [3.05, 3.63) is 25.6 Å². The summed E-state index contributed by atoms with van der Waals surface area (Å²) < 4.78 is 9.08. The number of hydrogen-bond donors (Lipinski definition) is 1. The number of anilines is 1. The van der Waals surface area contributed by atoms with Gasteiger partial charge in [0, 0.05) is 26.1 Å². The van der Waals surface area contributed by atoms with Crippen LogP contribution in [0.1, 0.15) is 33.1 Å². The Labute approximate surface area is 140 Å². The highest BCUT2D eigenvalue weighted by atomic mass is 79.9. The Morgan fingerprint density at radius 2 is 1.95 bits per heavy atom. The zero-order chi connectivity index (χ0) is 14.0. The van der Waals surface area contributed by atoms with Gasteiger partial charge in [0.15, 0.2) is 0 Å². The van der Waals surface area contributed by atoms with Crippen LogP contribution in [0.25, 0.3) is 0 Å². The van der Waals surface area contributed by atoms with Crippen LogP contribution < -0.4 is 5.32 Å². The van der Waals surface area contributed by atoms with E-state index in [1.807, 2.05) is 0 Å². The van der Waals surface area contributed by atoms with Crippen LogP contribution in [0.4, 0.5) is 5.69 Å². The van der Waals surface area contributed by atoms with Gasteiger partial charge in [-0.25, -0.2) is 0 Å². The highest BCUT2D eigenvalue weighted by Gasteiger charge is 2.32. The maximum absolute atomic E-state index is 5.89. The van der Waals surface area contributed by atoms with E-state index in [0.29, 0.717) is 6.04 Å². The van der Waals surface area contributed by atoms with E-state index in [1.165, 1.54) is 0 Å². The lowest BCUT2D eigenvalue weighted by atomic mass is 9.90. The molecular weight excluding hydrogens is 438 g/mol. The van der Waals surface area contributed by atoms with Crippen molar-refractivity contribution >= 4 is 53.5 Å². The predicted octanol–water partition coefficient (Wildman–Crippen LogP) is 5.73. The summed E-state index contributed by atoms with van der Waals surface area (Å²) in [7, 11) is 0. The Morgan fingerprint density at radius 3 is 2.53 bits per heavy atom. The molecule has 2 atom stereocenters. The minimum absolute atomic E-state index is 0.00420. The Bertz CT molecular complexity index is 443. The van der Waals surface area contributed by atoms with Crippen molar-refractivity contribution in [3.8, 4) is 0 Å². The molecule has 0 radical (unpaired) electrons. The van der Waals surface area contributed by atoms with Gasteiger partial charge in [-0.3, -0.25) is 0 Å². The first-order valence-electron chi connectivity index (χ1n) is 6.48. The average molecular weight is 456 g/mol. The smallest absolute Gasteiger partial charge is 0.0671 e. The molecule has 1 heterocycles. The molecule has 0 spiro atoms. The van der Waals surface area contributed by atoms with Crippen molar-refractivity contribution in [2.24, 2.45) is 0 Å². The molecule has 0 saturated carbocycles. The fourth-order valence-electron chi connectivity index (χ4n) is 2.38. The van der Waals surface area contributed by atoms with Gasteiger partial charge in [-0.05, 0) is 70.2 Å². The van der Waals surface area contributed by atoms with Crippen LogP contribution in [0, 0.1) is 0 Å². The largest absolute Gasteiger partial charge is 0.380 e. The lowest BCUT2D eigenvalue weighted by molar-refractivity contribution is -0.0709. The van der Waals surface area contributed by atoms with Crippen LogP contribution in [0.5, 0.6) is 0 Å². The van der Waals surface area contributed by atoms with Crippen LogP contribution in [-0.4, -0.2) is 18.2 Å². The summed E-state index contributed by atoms with van der Waals surface area (Å²) in [6.45, 7) is 5.22. The van der Waals surface area contributed by atoms with Gasteiger partial charge < -0.3 is 10.1 Å². The van der Waals surface area contributed by atoms with Crippen LogP contribution in [0.2, 0.25) is 0 Å². The maximum atomic E-state index is 5.89. The van der Waals surface area contributed by atoms with E-state index in [-0.39, 0.29) is 5.60 Å². The first kappa shape index (κ1) is 15.8. The molecule has 1 fully saturated rings. The van der Waals surface area contributed by atoms with Gasteiger partial charge in [0.1, 0.15) is 0 Å². The molecule has 0 aromatic heterocycles. The molecule has 2 unspecified atom stereocenters. The second-order valence-corrected chi connectivity index (χ2v) is 7.85. The maximum Gasteiger partial charge on any atom is 0.0671 e. The molecule has 1 aromatic carbocycles. The number of ether oxygens (including phenoxy) is 1. The minimum atomic E-state index is 0.00420. The Balaban J connectivity index is 2.13. The first-order valence-corrected chi connectivity index (χ1v) is 8.86. The lowest BCUT2D eigenvalue weighted by Gasteiger charge is -2.38. The summed E-state index contributed by atoms with van der Waals surface area (Å²) in [5, 5.41) is 3.64. The second-order valence-electron chi connectivity index (χ2n) is 5.23. The predicted molar refractivity (Wildman–Crippen MR) is 90.8 cm³/mol. The molecule has 0 aliphatic carbocycles. The van der Waals surface area contributed by atoms with E-state index in [1.54, 1.807) is 0 Å². The number of benzene rings is 1. The summed E-state index contributed by atoms with van der Waals surface area (Å²) in [5.41, 5.74) is 1.12. The standard InChI is InChI=1S/C14H18Br3NO/c1-3-14(2)8-10(4-5-19-14)18-13-11(16)6-9(15)7-12(13)17/h6-7,10,18H,3-5,8H2,1-2H3. The number of halogens is 3. The minimum Gasteiger partial charge on any atom is -0.380 e. The van der Waals surface area contributed by atoms with E-state index >= 15 is 0 Å². The highest BCUT2D eigenvalue weighted by molar-refractivity contribution is 9.11. The van der Waals surface area contributed by atoms with Crippen LogP contribution in [0.15, 0.2) is 25.6 Å². The third kappa shape index (κ3) is 3.96. The lowest BCUT2D eigenvalue weighted by Crippen LogP contribution is -2.41. The number of hydrogen-bond acceptors (Lipinski definition) is 2. The molecule has 2 nitrogen and oxygen atoms in total. The van der Waals surface area contributed by atoms with Gasteiger partial charge in [-0.2, -0.15) is 0 Å².